The summed E-state index contributed by atoms with van der Waals surface area (Å²) in [5.41, 5.74) is 0. The molecule has 0 aliphatic carbocycles. The maximum Gasteiger partial charge on any atom is 0.414 e. The van der Waals surface area contributed by atoms with Gasteiger partial charge in [0.05, 0.1) is 6.04 Å². The molecular formula is C10H11NO5S. The predicted octanol–water partition coefficient (Wildman–Crippen LogP) is 0.217. The Morgan fingerprint density at radius 1 is 1.35 bits per heavy atom. The number of aliphatic carboxylic acids is 2. The summed E-state index contributed by atoms with van der Waals surface area (Å²) >= 11 is 1.84. The fourth-order valence-corrected chi connectivity index (χ4v) is 2.44. The number of carbonyl (C=O) groups is 3. The molecule has 3 N–H and O–H groups in total. The normalized spacial score (nSPS) is 21.3. The standard InChI is InChI=1S/C8H9NOS.C2H2O4/c10-8-3-1-2-7-6(9-8)4-5-11-7;3-1(4)2(5)6/h1-3,6H,4-5H2,(H,9,10);(H,3,4)(H,5,6). The van der Waals surface area contributed by atoms with Crippen molar-refractivity contribution in [2.45, 2.75) is 12.5 Å². The van der Waals surface area contributed by atoms with Gasteiger partial charge in [-0.2, -0.15) is 0 Å². The van der Waals surface area contributed by atoms with Crippen molar-refractivity contribution in [3.8, 4) is 0 Å². The molecule has 0 bridgehead atoms. The zero-order valence-corrected chi connectivity index (χ0v) is 9.57. The summed E-state index contributed by atoms with van der Waals surface area (Å²) in [5.74, 6) is -2.49. The molecule has 0 aromatic heterocycles. The van der Waals surface area contributed by atoms with E-state index in [9.17, 15) is 4.79 Å². The van der Waals surface area contributed by atoms with Gasteiger partial charge in [-0.25, -0.2) is 9.59 Å². The van der Waals surface area contributed by atoms with Crippen LogP contribution in [0, 0.1) is 0 Å². The van der Waals surface area contributed by atoms with Crippen molar-refractivity contribution in [3.63, 3.8) is 0 Å². The Morgan fingerprint density at radius 2 is 2.00 bits per heavy atom. The van der Waals surface area contributed by atoms with Crippen molar-refractivity contribution in [2.75, 3.05) is 5.75 Å². The van der Waals surface area contributed by atoms with Gasteiger partial charge in [0.2, 0.25) is 5.91 Å². The molecule has 7 heteroatoms. The number of allylic oxidation sites excluding steroid dienone is 2. The molecule has 2 rings (SSSR count). The molecule has 6 nitrogen and oxygen atoms in total. The topological polar surface area (TPSA) is 104 Å². The van der Waals surface area contributed by atoms with E-state index in [0.717, 1.165) is 12.2 Å². The van der Waals surface area contributed by atoms with Gasteiger partial charge in [0.15, 0.2) is 0 Å². The van der Waals surface area contributed by atoms with Crippen LogP contribution in [0.3, 0.4) is 0 Å². The summed E-state index contributed by atoms with van der Waals surface area (Å²) in [6.07, 6.45) is 6.50. The minimum absolute atomic E-state index is 0.0313. The average molecular weight is 257 g/mol. The number of nitrogens with one attached hydrogen (secondary N) is 1. The van der Waals surface area contributed by atoms with Crippen molar-refractivity contribution < 1.29 is 24.6 Å². The highest BCUT2D eigenvalue weighted by molar-refractivity contribution is 8.03. The molecule has 0 saturated carbocycles. The highest BCUT2D eigenvalue weighted by atomic mass is 32.2. The van der Waals surface area contributed by atoms with E-state index in [1.54, 1.807) is 6.08 Å². The Bertz CT molecular complexity index is 390. The molecular weight excluding hydrogens is 246 g/mol. The number of amides is 1. The fraction of sp³-hybridized carbons (Fsp3) is 0.300. The lowest BCUT2D eigenvalue weighted by Crippen LogP contribution is -2.31. The number of carboxylic acids is 2. The van der Waals surface area contributed by atoms with E-state index in [4.69, 9.17) is 19.8 Å². The molecule has 0 aromatic rings. The van der Waals surface area contributed by atoms with Gasteiger partial charge < -0.3 is 15.5 Å². The van der Waals surface area contributed by atoms with Gasteiger partial charge in [-0.1, -0.05) is 12.2 Å². The van der Waals surface area contributed by atoms with Crippen LogP contribution in [0.5, 0.6) is 0 Å². The molecule has 0 aromatic carbocycles. The molecule has 1 amide bonds. The highest BCUT2D eigenvalue weighted by Crippen LogP contribution is 2.31. The predicted molar refractivity (Wildman–Crippen MR) is 61.5 cm³/mol. The number of fused-ring (bicyclic) bond motifs is 1. The van der Waals surface area contributed by atoms with E-state index in [-0.39, 0.29) is 5.91 Å². The summed E-state index contributed by atoms with van der Waals surface area (Å²) in [7, 11) is 0. The minimum Gasteiger partial charge on any atom is -0.473 e. The second-order valence-corrected chi connectivity index (χ2v) is 4.41. The van der Waals surface area contributed by atoms with Gasteiger partial charge in [-0.15, -0.1) is 11.8 Å². The Morgan fingerprint density at radius 3 is 2.59 bits per heavy atom. The van der Waals surface area contributed by atoms with Crippen LogP contribution in [0.2, 0.25) is 0 Å². The highest BCUT2D eigenvalue weighted by Gasteiger charge is 2.23. The number of carbonyl (C=O) groups excluding carboxylic acids is 1. The second-order valence-electron chi connectivity index (χ2n) is 3.24. The molecule has 0 spiro atoms. The van der Waals surface area contributed by atoms with Crippen molar-refractivity contribution in [3.05, 3.63) is 23.1 Å². The van der Waals surface area contributed by atoms with Crippen LogP contribution < -0.4 is 5.32 Å². The molecule has 1 saturated heterocycles. The maximum absolute atomic E-state index is 11.0. The summed E-state index contributed by atoms with van der Waals surface area (Å²) in [5, 5.41) is 17.7. The van der Waals surface area contributed by atoms with Crippen LogP contribution in [0.4, 0.5) is 0 Å². The van der Waals surface area contributed by atoms with Gasteiger partial charge in [0.25, 0.3) is 0 Å². The van der Waals surface area contributed by atoms with Crippen molar-refractivity contribution >= 4 is 29.6 Å². The van der Waals surface area contributed by atoms with E-state index in [2.05, 4.69) is 5.32 Å². The first-order chi connectivity index (χ1) is 8.00. The first-order valence-corrected chi connectivity index (χ1v) is 5.77. The van der Waals surface area contributed by atoms with Crippen LogP contribution in [-0.2, 0) is 14.4 Å². The van der Waals surface area contributed by atoms with Crippen LogP contribution >= 0.6 is 11.8 Å². The molecule has 0 radical (unpaired) electrons. The Balaban J connectivity index is 0.000000209. The lowest BCUT2D eigenvalue weighted by Gasteiger charge is -2.09. The first-order valence-electron chi connectivity index (χ1n) is 4.78. The number of rotatable bonds is 0. The average Bonchev–Trinajstić information content (AvgIpc) is 2.59. The zero-order valence-electron chi connectivity index (χ0n) is 8.75. The van der Waals surface area contributed by atoms with E-state index in [1.807, 2.05) is 23.9 Å². The summed E-state index contributed by atoms with van der Waals surface area (Å²) in [4.78, 5) is 30.5. The van der Waals surface area contributed by atoms with Gasteiger partial charge >= 0.3 is 11.9 Å². The van der Waals surface area contributed by atoms with Crippen molar-refractivity contribution in [2.24, 2.45) is 0 Å². The van der Waals surface area contributed by atoms with Crippen molar-refractivity contribution in [1.29, 1.82) is 0 Å². The van der Waals surface area contributed by atoms with Gasteiger partial charge in [-0.3, -0.25) is 4.79 Å². The largest absolute Gasteiger partial charge is 0.473 e. The SMILES string of the molecule is O=C(O)C(=O)O.O=C1C=CC=C2SCCC2N1. The molecule has 1 fully saturated rings. The van der Waals surface area contributed by atoms with Crippen LogP contribution in [0.1, 0.15) is 6.42 Å². The monoisotopic (exact) mass is 257 g/mol. The van der Waals surface area contributed by atoms with Gasteiger partial charge in [0, 0.05) is 16.7 Å². The van der Waals surface area contributed by atoms with E-state index < -0.39 is 11.9 Å². The molecule has 2 heterocycles. The smallest absolute Gasteiger partial charge is 0.414 e. The third kappa shape index (κ3) is 4.31. The van der Waals surface area contributed by atoms with E-state index in [0.29, 0.717) is 6.04 Å². The number of thioether (sulfide) groups is 1. The lowest BCUT2D eigenvalue weighted by molar-refractivity contribution is -0.159. The van der Waals surface area contributed by atoms with Crippen LogP contribution in [-0.4, -0.2) is 39.9 Å². The van der Waals surface area contributed by atoms with Crippen molar-refractivity contribution in [1.82, 2.24) is 5.32 Å². The Kier molecular flexibility index (Phi) is 4.77. The molecule has 1 unspecified atom stereocenters. The van der Waals surface area contributed by atoms with Gasteiger partial charge in [0.1, 0.15) is 0 Å². The third-order valence-electron chi connectivity index (χ3n) is 2.03. The first kappa shape index (κ1) is 13.3. The van der Waals surface area contributed by atoms with Crippen LogP contribution in [0.15, 0.2) is 23.1 Å². The lowest BCUT2D eigenvalue weighted by atomic mass is 10.2. The number of hydrogen-bond donors (Lipinski definition) is 3. The molecule has 17 heavy (non-hydrogen) atoms. The fourth-order valence-electron chi connectivity index (χ4n) is 1.30. The van der Waals surface area contributed by atoms with E-state index >= 15 is 0 Å². The Labute approximate surface area is 101 Å². The Hall–Kier alpha value is -1.76. The minimum atomic E-state index is -1.82. The maximum atomic E-state index is 11.0. The summed E-state index contributed by atoms with van der Waals surface area (Å²) in [6.45, 7) is 0. The summed E-state index contributed by atoms with van der Waals surface area (Å²) in [6, 6.07) is 0.294. The van der Waals surface area contributed by atoms with Gasteiger partial charge in [-0.05, 0) is 6.42 Å². The third-order valence-corrected chi connectivity index (χ3v) is 3.22. The summed E-state index contributed by atoms with van der Waals surface area (Å²) < 4.78 is 0. The molecule has 1 atom stereocenters. The van der Waals surface area contributed by atoms with E-state index in [1.165, 1.54) is 4.91 Å². The van der Waals surface area contributed by atoms with Crippen LogP contribution in [0.25, 0.3) is 0 Å². The zero-order chi connectivity index (χ0) is 12.8. The number of carboxylic acid groups (broad SMARTS) is 2. The molecule has 2 aliphatic rings. The molecule has 92 valence electrons. The molecule has 2 aliphatic heterocycles. The number of hydrogen-bond acceptors (Lipinski definition) is 4. The quantitative estimate of drug-likeness (QED) is 0.536. The second kappa shape index (κ2) is 6.09.